The molecule has 1 heterocycles. The molecule has 9 heteroatoms. The predicted octanol–water partition coefficient (Wildman–Crippen LogP) is 3.60. The van der Waals surface area contributed by atoms with Gasteiger partial charge < -0.3 is 10.1 Å². The van der Waals surface area contributed by atoms with Gasteiger partial charge in [0.1, 0.15) is 0 Å². The Kier molecular flexibility index (Phi) is 5.45. The molecular weight excluding hydrogens is 337 g/mol. The quantitative estimate of drug-likeness (QED) is 0.484. The number of benzene rings is 1. The maximum absolute atomic E-state index is 14.3. The van der Waals surface area contributed by atoms with Crippen molar-refractivity contribution in [1.82, 2.24) is 4.98 Å². The van der Waals surface area contributed by atoms with E-state index in [1.54, 1.807) is 6.92 Å². The van der Waals surface area contributed by atoms with E-state index in [0.29, 0.717) is 0 Å². The second-order valence-electron chi connectivity index (χ2n) is 4.92. The van der Waals surface area contributed by atoms with E-state index in [9.17, 15) is 19.3 Å². The van der Waals surface area contributed by atoms with Crippen molar-refractivity contribution in [3.63, 3.8) is 0 Å². The van der Waals surface area contributed by atoms with Crippen molar-refractivity contribution in [2.24, 2.45) is 0 Å². The normalized spacial score (nSPS) is 10.5. The van der Waals surface area contributed by atoms with Gasteiger partial charge in [-0.05, 0) is 20.8 Å². The summed E-state index contributed by atoms with van der Waals surface area (Å²) in [5, 5.41) is 14.6. The molecule has 0 aliphatic rings. The van der Waals surface area contributed by atoms with E-state index in [1.165, 1.54) is 11.3 Å². The molecule has 2 aromatic rings. The molecule has 1 aromatic heterocycles. The summed E-state index contributed by atoms with van der Waals surface area (Å²) in [7, 11) is 0. The lowest BCUT2D eigenvalue weighted by molar-refractivity contribution is -0.385. The van der Waals surface area contributed by atoms with Gasteiger partial charge in [0.15, 0.2) is 5.82 Å². The lowest BCUT2D eigenvalue weighted by Crippen LogP contribution is -2.12. The Morgan fingerprint density at radius 2 is 2.17 bits per heavy atom. The molecule has 0 saturated carbocycles. The lowest BCUT2D eigenvalue weighted by atomic mass is 10.1. The monoisotopic (exact) mass is 353 g/mol. The maximum atomic E-state index is 14.3. The number of carbonyl (C=O) groups excluding carboxylic acids is 1. The first-order valence-corrected chi connectivity index (χ1v) is 7.97. The summed E-state index contributed by atoms with van der Waals surface area (Å²) < 4.78 is 19.1. The Hall–Kier alpha value is -2.55. The highest BCUT2D eigenvalue weighted by molar-refractivity contribution is 7.11. The number of rotatable bonds is 6. The molecule has 0 saturated heterocycles. The molecule has 0 amide bonds. The minimum atomic E-state index is -0.892. The molecule has 24 heavy (non-hydrogen) atoms. The summed E-state index contributed by atoms with van der Waals surface area (Å²) in [6.07, 6.45) is 0. The molecule has 2 rings (SSSR count). The SMILES string of the molecule is CCOC(=O)c1cc([N+](=O)[O-])cc(F)c1NCc1nc(C)sc1C. The number of aryl methyl sites for hydroxylation is 2. The number of ether oxygens (including phenoxy) is 1. The fourth-order valence-electron chi connectivity index (χ4n) is 2.16. The molecule has 1 N–H and O–H groups in total. The molecule has 0 atom stereocenters. The molecule has 0 fully saturated rings. The van der Waals surface area contributed by atoms with E-state index < -0.39 is 22.4 Å². The second kappa shape index (κ2) is 7.35. The summed E-state index contributed by atoms with van der Waals surface area (Å²) >= 11 is 1.51. The molecule has 0 spiro atoms. The molecule has 0 bridgehead atoms. The number of non-ortho nitro benzene ring substituents is 1. The highest BCUT2D eigenvalue weighted by atomic mass is 32.1. The molecule has 1 aromatic carbocycles. The fraction of sp³-hybridized carbons (Fsp3) is 0.333. The summed E-state index contributed by atoms with van der Waals surface area (Å²) in [5.74, 6) is -1.72. The molecule has 0 unspecified atom stereocenters. The van der Waals surface area contributed by atoms with Crippen molar-refractivity contribution in [2.45, 2.75) is 27.3 Å². The van der Waals surface area contributed by atoms with Crippen LogP contribution in [0.3, 0.4) is 0 Å². The Morgan fingerprint density at radius 1 is 1.46 bits per heavy atom. The first-order valence-electron chi connectivity index (χ1n) is 7.15. The smallest absolute Gasteiger partial charge is 0.340 e. The zero-order valence-electron chi connectivity index (χ0n) is 13.4. The van der Waals surface area contributed by atoms with Gasteiger partial charge in [-0.25, -0.2) is 14.2 Å². The maximum Gasteiger partial charge on any atom is 0.340 e. The molecular formula is C15H16FN3O4S. The van der Waals surface area contributed by atoms with Gasteiger partial charge in [-0.3, -0.25) is 10.1 Å². The summed E-state index contributed by atoms with van der Waals surface area (Å²) in [6, 6.07) is 1.77. The molecule has 0 aliphatic carbocycles. The zero-order valence-corrected chi connectivity index (χ0v) is 14.2. The van der Waals surface area contributed by atoms with Gasteiger partial charge in [0.2, 0.25) is 0 Å². The van der Waals surface area contributed by atoms with Crippen LogP contribution in [0.4, 0.5) is 15.8 Å². The number of thiazole rings is 1. The lowest BCUT2D eigenvalue weighted by Gasteiger charge is -2.12. The van der Waals surface area contributed by atoms with Gasteiger partial charge in [-0.15, -0.1) is 11.3 Å². The highest BCUT2D eigenvalue weighted by Crippen LogP contribution is 2.28. The molecule has 0 aliphatic heterocycles. The number of hydrogen-bond donors (Lipinski definition) is 1. The van der Waals surface area contributed by atoms with Crippen molar-refractivity contribution >= 4 is 28.7 Å². The zero-order chi connectivity index (χ0) is 17.9. The van der Waals surface area contributed by atoms with Crippen LogP contribution in [0.2, 0.25) is 0 Å². The van der Waals surface area contributed by atoms with Gasteiger partial charge in [0, 0.05) is 10.9 Å². The van der Waals surface area contributed by atoms with Crippen LogP contribution in [0.1, 0.15) is 32.9 Å². The third kappa shape index (κ3) is 3.85. The Balaban J connectivity index is 2.37. The Bertz CT molecular complexity index is 791. The van der Waals surface area contributed by atoms with Crippen molar-refractivity contribution in [3.05, 3.63) is 49.2 Å². The standard InChI is InChI=1S/C15H16FN3O4S/c1-4-23-15(20)11-5-10(19(21)22)6-12(16)14(11)17-7-13-8(2)24-9(3)18-13/h5-6,17H,4,7H2,1-3H3. The number of carbonyl (C=O) groups is 1. The molecule has 128 valence electrons. The topological polar surface area (TPSA) is 94.4 Å². The van der Waals surface area contributed by atoms with Crippen molar-refractivity contribution in [2.75, 3.05) is 11.9 Å². The van der Waals surface area contributed by atoms with Crippen LogP contribution >= 0.6 is 11.3 Å². The Morgan fingerprint density at radius 3 is 2.71 bits per heavy atom. The number of halogens is 1. The summed E-state index contributed by atoms with van der Waals surface area (Å²) in [4.78, 5) is 27.4. The first-order chi connectivity index (χ1) is 11.3. The van der Waals surface area contributed by atoms with E-state index in [0.717, 1.165) is 27.7 Å². The number of nitro benzene ring substituents is 1. The Labute approximate surface area is 141 Å². The van der Waals surface area contributed by atoms with E-state index >= 15 is 0 Å². The number of esters is 1. The number of nitrogens with zero attached hydrogens (tertiary/aromatic N) is 2. The minimum absolute atomic E-state index is 0.0764. The first kappa shape index (κ1) is 17.8. The number of anilines is 1. The van der Waals surface area contributed by atoms with Gasteiger partial charge in [0.25, 0.3) is 5.69 Å². The van der Waals surface area contributed by atoms with Crippen LogP contribution in [0.25, 0.3) is 0 Å². The molecule has 7 nitrogen and oxygen atoms in total. The van der Waals surface area contributed by atoms with E-state index in [2.05, 4.69) is 10.3 Å². The summed E-state index contributed by atoms with van der Waals surface area (Å²) in [5.41, 5.74) is -0.135. The average Bonchev–Trinajstić information content (AvgIpc) is 2.83. The van der Waals surface area contributed by atoms with Crippen molar-refractivity contribution in [1.29, 1.82) is 0 Å². The van der Waals surface area contributed by atoms with Gasteiger partial charge in [0.05, 0.1) is 46.1 Å². The third-order valence-corrected chi connectivity index (χ3v) is 4.14. The van der Waals surface area contributed by atoms with Crippen molar-refractivity contribution in [3.8, 4) is 0 Å². The van der Waals surface area contributed by atoms with Crippen LogP contribution in [-0.2, 0) is 11.3 Å². The number of aromatic nitrogens is 1. The highest BCUT2D eigenvalue weighted by Gasteiger charge is 2.22. The number of nitro groups is 1. The molecule has 0 radical (unpaired) electrons. The largest absolute Gasteiger partial charge is 0.462 e. The van der Waals surface area contributed by atoms with Crippen LogP contribution in [0.5, 0.6) is 0 Å². The van der Waals surface area contributed by atoms with E-state index in [-0.39, 0.29) is 24.4 Å². The van der Waals surface area contributed by atoms with Gasteiger partial charge in [-0.2, -0.15) is 0 Å². The third-order valence-electron chi connectivity index (χ3n) is 3.21. The van der Waals surface area contributed by atoms with E-state index in [1.807, 2.05) is 13.8 Å². The van der Waals surface area contributed by atoms with Crippen molar-refractivity contribution < 1.29 is 18.8 Å². The van der Waals surface area contributed by atoms with E-state index in [4.69, 9.17) is 4.74 Å². The van der Waals surface area contributed by atoms with Gasteiger partial charge >= 0.3 is 5.97 Å². The van der Waals surface area contributed by atoms with Crippen LogP contribution in [0.15, 0.2) is 12.1 Å². The number of nitrogens with one attached hydrogen (secondary N) is 1. The van der Waals surface area contributed by atoms with Crippen LogP contribution < -0.4 is 5.32 Å². The fourth-order valence-corrected chi connectivity index (χ4v) is 2.99. The van der Waals surface area contributed by atoms with Crippen LogP contribution in [0, 0.1) is 29.8 Å². The predicted molar refractivity (Wildman–Crippen MR) is 87.9 cm³/mol. The number of hydrogen-bond acceptors (Lipinski definition) is 7. The average molecular weight is 353 g/mol. The summed E-state index contributed by atoms with van der Waals surface area (Å²) in [6.45, 7) is 5.61. The minimum Gasteiger partial charge on any atom is -0.462 e. The van der Waals surface area contributed by atoms with Crippen LogP contribution in [-0.4, -0.2) is 22.5 Å². The second-order valence-corrected chi connectivity index (χ2v) is 6.32. The van der Waals surface area contributed by atoms with Gasteiger partial charge in [-0.1, -0.05) is 0 Å².